The average Bonchev–Trinajstić information content (AvgIpc) is 2.59. The lowest BCUT2D eigenvalue weighted by Gasteiger charge is -2.31. The molecule has 140 valence electrons. The summed E-state index contributed by atoms with van der Waals surface area (Å²) in [6.07, 6.45) is 2.27. The van der Waals surface area contributed by atoms with Crippen molar-refractivity contribution in [3.63, 3.8) is 0 Å². The molecule has 25 heavy (non-hydrogen) atoms. The Bertz CT molecular complexity index is 677. The molecule has 6 nitrogen and oxygen atoms in total. The molecule has 1 amide bonds. The molecule has 2 rings (SSSR count). The maximum absolute atomic E-state index is 12.7. The largest absolute Gasteiger partial charge is 0.356 e. The maximum Gasteiger partial charge on any atom is 0.243 e. The van der Waals surface area contributed by atoms with E-state index in [1.807, 2.05) is 14.1 Å². The van der Waals surface area contributed by atoms with Crippen LogP contribution in [0.2, 0.25) is 5.02 Å². The summed E-state index contributed by atoms with van der Waals surface area (Å²) >= 11 is 5.83. The summed E-state index contributed by atoms with van der Waals surface area (Å²) in [5.41, 5.74) is 0. The van der Waals surface area contributed by atoms with E-state index < -0.39 is 10.0 Å². The van der Waals surface area contributed by atoms with Crippen LogP contribution in [0, 0.1) is 5.92 Å². The third kappa shape index (κ3) is 5.67. The predicted molar refractivity (Wildman–Crippen MR) is 99.1 cm³/mol. The molecule has 0 spiro atoms. The molecule has 1 aliphatic rings. The number of benzene rings is 1. The number of hydrogen-bond acceptors (Lipinski definition) is 4. The van der Waals surface area contributed by atoms with Gasteiger partial charge in [-0.2, -0.15) is 4.31 Å². The lowest BCUT2D eigenvalue weighted by atomic mass is 9.99. The molecule has 1 unspecified atom stereocenters. The van der Waals surface area contributed by atoms with Gasteiger partial charge in [0.05, 0.1) is 10.8 Å². The topological polar surface area (TPSA) is 69.7 Å². The van der Waals surface area contributed by atoms with Gasteiger partial charge >= 0.3 is 0 Å². The van der Waals surface area contributed by atoms with Gasteiger partial charge in [0.1, 0.15) is 0 Å². The normalized spacial score (nSPS) is 19.1. The number of nitrogens with one attached hydrogen (secondary N) is 1. The Balaban J connectivity index is 1.95. The minimum absolute atomic E-state index is 0.0604. The van der Waals surface area contributed by atoms with Gasteiger partial charge in [0.2, 0.25) is 15.9 Å². The Morgan fingerprint density at radius 2 is 2.00 bits per heavy atom. The van der Waals surface area contributed by atoms with Gasteiger partial charge in [-0.15, -0.1) is 0 Å². The van der Waals surface area contributed by atoms with Gasteiger partial charge in [-0.3, -0.25) is 4.79 Å². The molecule has 1 N–H and O–H groups in total. The van der Waals surface area contributed by atoms with Crippen molar-refractivity contribution in [3.05, 3.63) is 29.3 Å². The van der Waals surface area contributed by atoms with Gasteiger partial charge < -0.3 is 10.2 Å². The molecule has 8 heteroatoms. The molecular weight excluding hydrogens is 362 g/mol. The van der Waals surface area contributed by atoms with E-state index in [1.165, 1.54) is 16.4 Å². The zero-order valence-corrected chi connectivity index (χ0v) is 16.3. The maximum atomic E-state index is 12.7. The number of halogens is 1. The van der Waals surface area contributed by atoms with E-state index >= 15 is 0 Å². The highest BCUT2D eigenvalue weighted by molar-refractivity contribution is 7.89. The second-order valence-corrected chi connectivity index (χ2v) is 8.98. The van der Waals surface area contributed by atoms with E-state index in [0.717, 1.165) is 13.0 Å². The number of rotatable bonds is 7. The number of amides is 1. The molecule has 0 aliphatic carbocycles. The van der Waals surface area contributed by atoms with Gasteiger partial charge in [0, 0.05) is 24.7 Å². The number of nitrogens with zero attached hydrogens (tertiary/aromatic N) is 2. The number of carbonyl (C=O) groups excluding carboxylic acids is 1. The van der Waals surface area contributed by atoms with Crippen LogP contribution in [0.1, 0.15) is 19.3 Å². The molecule has 0 radical (unpaired) electrons. The SMILES string of the molecule is CN(C)CCCNC(=O)C1CCCN(S(=O)(=O)c2ccc(Cl)cc2)C1. The highest BCUT2D eigenvalue weighted by Crippen LogP contribution is 2.24. The molecule has 0 saturated carbocycles. The van der Waals surface area contributed by atoms with E-state index in [0.29, 0.717) is 31.0 Å². The molecule has 0 aromatic heterocycles. The lowest BCUT2D eigenvalue weighted by Crippen LogP contribution is -2.45. The summed E-state index contributed by atoms with van der Waals surface area (Å²) in [6.45, 7) is 2.18. The molecule has 1 saturated heterocycles. The number of carbonyl (C=O) groups is 1. The smallest absolute Gasteiger partial charge is 0.243 e. The predicted octanol–water partition coefficient (Wildman–Crippen LogP) is 1.81. The first-order chi connectivity index (χ1) is 11.8. The summed E-state index contributed by atoms with van der Waals surface area (Å²) in [5.74, 6) is -0.357. The van der Waals surface area contributed by atoms with Gasteiger partial charge in [-0.25, -0.2) is 8.42 Å². The van der Waals surface area contributed by atoms with Crippen molar-refractivity contribution in [2.24, 2.45) is 5.92 Å². The van der Waals surface area contributed by atoms with Gasteiger partial charge in [0.15, 0.2) is 0 Å². The Hall–Kier alpha value is -1.15. The fourth-order valence-corrected chi connectivity index (χ4v) is 4.53. The van der Waals surface area contributed by atoms with Crippen LogP contribution in [0.4, 0.5) is 0 Å². The zero-order chi connectivity index (χ0) is 18.4. The number of piperidine rings is 1. The second-order valence-electron chi connectivity index (χ2n) is 6.60. The number of sulfonamides is 1. The van der Waals surface area contributed by atoms with E-state index in [2.05, 4.69) is 10.2 Å². The van der Waals surface area contributed by atoms with Crippen LogP contribution in [-0.2, 0) is 14.8 Å². The number of hydrogen-bond donors (Lipinski definition) is 1. The van der Waals surface area contributed by atoms with E-state index in [9.17, 15) is 13.2 Å². The van der Waals surface area contributed by atoms with Gasteiger partial charge in [-0.1, -0.05) is 11.6 Å². The second kappa shape index (κ2) is 8.98. The average molecular weight is 388 g/mol. The van der Waals surface area contributed by atoms with Crippen LogP contribution in [0.3, 0.4) is 0 Å². The highest BCUT2D eigenvalue weighted by atomic mass is 35.5. The minimum Gasteiger partial charge on any atom is -0.356 e. The Morgan fingerprint density at radius 3 is 2.64 bits per heavy atom. The van der Waals surface area contributed by atoms with Crippen molar-refractivity contribution in [2.75, 3.05) is 40.3 Å². The van der Waals surface area contributed by atoms with Crippen molar-refractivity contribution in [1.29, 1.82) is 0 Å². The molecule has 1 aromatic carbocycles. The third-order valence-corrected chi connectivity index (χ3v) is 6.42. The molecule has 1 aromatic rings. The first-order valence-electron chi connectivity index (χ1n) is 8.49. The van der Waals surface area contributed by atoms with Crippen LogP contribution in [0.5, 0.6) is 0 Å². The first-order valence-corrected chi connectivity index (χ1v) is 10.3. The van der Waals surface area contributed by atoms with Crippen molar-refractivity contribution in [2.45, 2.75) is 24.2 Å². The van der Waals surface area contributed by atoms with Crippen molar-refractivity contribution >= 4 is 27.5 Å². The van der Waals surface area contributed by atoms with E-state index in [-0.39, 0.29) is 23.3 Å². The molecule has 0 bridgehead atoms. The minimum atomic E-state index is -3.59. The standard InChI is InChI=1S/C17H26ClN3O3S/c1-20(2)11-4-10-19-17(22)14-5-3-12-21(13-14)25(23,24)16-8-6-15(18)7-9-16/h6-9,14H,3-5,10-13H2,1-2H3,(H,19,22). The van der Waals surface area contributed by atoms with Crippen LogP contribution in [-0.4, -0.2) is 63.8 Å². The molecule has 1 fully saturated rings. The fraction of sp³-hybridized carbons (Fsp3) is 0.588. The lowest BCUT2D eigenvalue weighted by molar-refractivity contribution is -0.126. The van der Waals surface area contributed by atoms with Crippen LogP contribution < -0.4 is 5.32 Å². The van der Waals surface area contributed by atoms with Crippen molar-refractivity contribution < 1.29 is 13.2 Å². The van der Waals surface area contributed by atoms with Crippen molar-refractivity contribution in [1.82, 2.24) is 14.5 Å². The Labute approximate surface area is 155 Å². The van der Waals surface area contributed by atoms with Crippen LogP contribution in [0.25, 0.3) is 0 Å². The quantitative estimate of drug-likeness (QED) is 0.724. The Kier molecular flexibility index (Phi) is 7.25. The zero-order valence-electron chi connectivity index (χ0n) is 14.7. The van der Waals surface area contributed by atoms with Crippen LogP contribution >= 0.6 is 11.6 Å². The summed E-state index contributed by atoms with van der Waals surface area (Å²) < 4.78 is 26.9. The molecule has 1 atom stereocenters. The summed E-state index contributed by atoms with van der Waals surface area (Å²) in [5, 5.41) is 3.42. The van der Waals surface area contributed by atoms with Crippen molar-refractivity contribution in [3.8, 4) is 0 Å². The molecule has 1 aliphatic heterocycles. The third-order valence-electron chi connectivity index (χ3n) is 4.29. The summed E-state index contributed by atoms with van der Waals surface area (Å²) in [4.78, 5) is 14.6. The fourth-order valence-electron chi connectivity index (χ4n) is 2.88. The van der Waals surface area contributed by atoms with Gasteiger partial charge in [0.25, 0.3) is 0 Å². The summed E-state index contributed by atoms with van der Waals surface area (Å²) in [6, 6.07) is 6.13. The van der Waals surface area contributed by atoms with E-state index in [4.69, 9.17) is 11.6 Å². The Morgan fingerprint density at radius 1 is 1.32 bits per heavy atom. The monoisotopic (exact) mass is 387 g/mol. The summed E-state index contributed by atoms with van der Waals surface area (Å²) in [7, 11) is 0.383. The van der Waals surface area contributed by atoms with Gasteiger partial charge in [-0.05, 0) is 64.2 Å². The first kappa shape index (κ1) is 20.2. The van der Waals surface area contributed by atoms with Crippen LogP contribution in [0.15, 0.2) is 29.2 Å². The highest BCUT2D eigenvalue weighted by Gasteiger charge is 2.33. The molecule has 1 heterocycles. The molecular formula is C17H26ClN3O3S. The van der Waals surface area contributed by atoms with E-state index in [1.54, 1.807) is 12.1 Å².